The third kappa shape index (κ3) is 4.54. The molecule has 1 aromatic rings. The van der Waals surface area contributed by atoms with Gasteiger partial charge in [-0.15, -0.1) is 0 Å². The Morgan fingerprint density at radius 2 is 2.09 bits per heavy atom. The molecule has 23 heavy (non-hydrogen) atoms. The topological polar surface area (TPSA) is 50.4 Å². The number of hydrogen-bond donors (Lipinski definition) is 2. The van der Waals surface area contributed by atoms with Gasteiger partial charge in [-0.05, 0) is 18.9 Å². The van der Waals surface area contributed by atoms with Crippen molar-refractivity contribution < 1.29 is 31.5 Å². The van der Waals surface area contributed by atoms with Crippen molar-refractivity contribution in [3.05, 3.63) is 35.4 Å². The second-order valence-electron chi connectivity index (χ2n) is 5.11. The molecule has 0 spiro atoms. The molecular formula is C14H15F5N2O2. The number of amides is 2. The van der Waals surface area contributed by atoms with Crippen LogP contribution in [0.4, 0.5) is 26.7 Å². The van der Waals surface area contributed by atoms with Crippen LogP contribution in [0.25, 0.3) is 0 Å². The van der Waals surface area contributed by atoms with E-state index >= 15 is 0 Å². The summed E-state index contributed by atoms with van der Waals surface area (Å²) in [5.41, 5.74) is -0.982. The minimum atomic E-state index is -4.98. The monoisotopic (exact) mass is 338 g/mol. The van der Waals surface area contributed by atoms with E-state index in [0.717, 1.165) is 18.6 Å². The molecule has 0 radical (unpaired) electrons. The fraction of sp³-hybridized carbons (Fsp3) is 0.500. The highest BCUT2D eigenvalue weighted by atomic mass is 19.4. The van der Waals surface area contributed by atoms with Crippen molar-refractivity contribution in [3.8, 4) is 0 Å². The maximum atomic E-state index is 13.6. The molecule has 0 aliphatic carbocycles. The van der Waals surface area contributed by atoms with E-state index in [1.165, 1.54) is 0 Å². The highest BCUT2D eigenvalue weighted by Crippen LogP contribution is 2.34. The van der Waals surface area contributed by atoms with E-state index in [-0.39, 0.29) is 12.6 Å². The maximum Gasteiger partial charge on any atom is 0.413 e. The van der Waals surface area contributed by atoms with Gasteiger partial charge in [-0.1, -0.05) is 12.1 Å². The SMILES string of the molecule is O=C(NCC1CCCO1)NC(c1cccc(F)c1F)C(F)(F)F. The van der Waals surface area contributed by atoms with Gasteiger partial charge in [-0.3, -0.25) is 0 Å². The Morgan fingerprint density at radius 1 is 1.35 bits per heavy atom. The smallest absolute Gasteiger partial charge is 0.376 e. The van der Waals surface area contributed by atoms with Crippen LogP contribution >= 0.6 is 0 Å². The summed E-state index contributed by atoms with van der Waals surface area (Å²) in [5, 5.41) is 3.87. The average Bonchev–Trinajstić information content (AvgIpc) is 2.98. The highest BCUT2D eigenvalue weighted by molar-refractivity contribution is 5.74. The van der Waals surface area contributed by atoms with Gasteiger partial charge in [0.25, 0.3) is 0 Å². The number of nitrogens with one attached hydrogen (secondary N) is 2. The molecule has 0 saturated carbocycles. The van der Waals surface area contributed by atoms with Gasteiger partial charge in [0.2, 0.25) is 0 Å². The molecule has 0 aromatic heterocycles. The van der Waals surface area contributed by atoms with Crippen molar-refractivity contribution in [2.24, 2.45) is 0 Å². The summed E-state index contributed by atoms with van der Waals surface area (Å²) in [7, 11) is 0. The molecular weight excluding hydrogens is 323 g/mol. The summed E-state index contributed by atoms with van der Waals surface area (Å²) in [6.07, 6.45) is -3.72. The second kappa shape index (κ2) is 7.12. The third-order valence-electron chi connectivity index (χ3n) is 3.41. The van der Waals surface area contributed by atoms with Crippen LogP contribution in [-0.2, 0) is 4.74 Å². The lowest BCUT2D eigenvalue weighted by molar-refractivity contribution is -0.155. The molecule has 1 aliphatic rings. The van der Waals surface area contributed by atoms with Crippen molar-refractivity contribution in [2.45, 2.75) is 31.2 Å². The lowest BCUT2D eigenvalue weighted by Crippen LogP contribution is -2.45. The second-order valence-corrected chi connectivity index (χ2v) is 5.11. The lowest BCUT2D eigenvalue weighted by Gasteiger charge is -2.23. The summed E-state index contributed by atoms with van der Waals surface area (Å²) >= 11 is 0. The molecule has 128 valence electrons. The minimum Gasteiger partial charge on any atom is -0.376 e. The van der Waals surface area contributed by atoms with Gasteiger partial charge in [0.15, 0.2) is 17.7 Å². The molecule has 1 aromatic carbocycles. The van der Waals surface area contributed by atoms with Gasteiger partial charge >= 0.3 is 12.2 Å². The first-order valence-electron chi connectivity index (χ1n) is 6.95. The fourth-order valence-corrected chi connectivity index (χ4v) is 2.27. The summed E-state index contributed by atoms with van der Waals surface area (Å²) < 4.78 is 71.1. The van der Waals surface area contributed by atoms with Crippen LogP contribution in [0.1, 0.15) is 24.4 Å². The zero-order valence-electron chi connectivity index (χ0n) is 11.9. The van der Waals surface area contributed by atoms with Crippen molar-refractivity contribution in [1.82, 2.24) is 10.6 Å². The molecule has 1 fully saturated rings. The number of urea groups is 1. The first-order valence-corrected chi connectivity index (χ1v) is 6.95. The van der Waals surface area contributed by atoms with E-state index in [9.17, 15) is 26.7 Å². The molecule has 2 unspecified atom stereocenters. The molecule has 1 aliphatic heterocycles. The molecule has 2 N–H and O–H groups in total. The Kier molecular flexibility index (Phi) is 5.40. The van der Waals surface area contributed by atoms with Crippen molar-refractivity contribution >= 4 is 6.03 Å². The first kappa shape index (κ1) is 17.5. The van der Waals surface area contributed by atoms with E-state index in [4.69, 9.17) is 4.74 Å². The van der Waals surface area contributed by atoms with Crippen LogP contribution < -0.4 is 10.6 Å². The third-order valence-corrected chi connectivity index (χ3v) is 3.41. The molecule has 9 heteroatoms. The van der Waals surface area contributed by atoms with Crippen molar-refractivity contribution in [2.75, 3.05) is 13.2 Å². The number of benzene rings is 1. The number of carbonyl (C=O) groups excluding carboxylic acids is 1. The fourth-order valence-electron chi connectivity index (χ4n) is 2.27. The minimum absolute atomic E-state index is 0.0437. The van der Waals surface area contributed by atoms with Gasteiger partial charge in [-0.25, -0.2) is 13.6 Å². The Morgan fingerprint density at radius 3 is 2.70 bits per heavy atom. The first-order chi connectivity index (χ1) is 10.8. The Labute approximate surface area is 129 Å². The molecule has 1 heterocycles. The highest BCUT2D eigenvalue weighted by Gasteiger charge is 2.43. The van der Waals surface area contributed by atoms with Gasteiger partial charge in [0.1, 0.15) is 0 Å². The number of hydrogen-bond acceptors (Lipinski definition) is 2. The van der Waals surface area contributed by atoms with E-state index in [1.54, 1.807) is 5.32 Å². The summed E-state index contributed by atoms with van der Waals surface area (Å²) in [4.78, 5) is 11.6. The molecule has 2 atom stereocenters. The van der Waals surface area contributed by atoms with E-state index in [1.807, 2.05) is 0 Å². The number of carbonyl (C=O) groups is 1. The Bertz CT molecular complexity index is 559. The predicted octanol–water partition coefficient (Wildman–Crippen LogP) is 3.05. The van der Waals surface area contributed by atoms with Crippen LogP contribution in [-0.4, -0.2) is 31.5 Å². The summed E-state index contributed by atoms with van der Waals surface area (Å²) in [6.45, 7) is 0.579. The zero-order chi connectivity index (χ0) is 17.0. The van der Waals surface area contributed by atoms with Gasteiger partial charge in [-0.2, -0.15) is 13.2 Å². The predicted molar refractivity (Wildman–Crippen MR) is 70.7 cm³/mol. The van der Waals surface area contributed by atoms with E-state index in [2.05, 4.69) is 5.32 Å². The number of alkyl halides is 3. The standard InChI is InChI=1S/C14H15F5N2O2/c15-10-5-1-4-9(11(10)16)12(14(17,18)19)21-13(22)20-7-8-3-2-6-23-8/h1,4-5,8,12H,2-3,6-7H2,(H2,20,21,22). The lowest BCUT2D eigenvalue weighted by atomic mass is 10.1. The van der Waals surface area contributed by atoms with Gasteiger partial charge < -0.3 is 15.4 Å². The maximum absolute atomic E-state index is 13.6. The Hall–Kier alpha value is -1.90. The van der Waals surface area contributed by atoms with E-state index in [0.29, 0.717) is 19.1 Å². The molecule has 1 saturated heterocycles. The zero-order valence-corrected chi connectivity index (χ0v) is 11.9. The summed E-state index contributed by atoms with van der Waals surface area (Å²) in [6, 6.07) is -1.37. The van der Waals surface area contributed by atoms with Gasteiger partial charge in [0, 0.05) is 18.7 Å². The van der Waals surface area contributed by atoms with Crippen LogP contribution in [0.2, 0.25) is 0 Å². The van der Waals surface area contributed by atoms with E-state index < -0.39 is 35.4 Å². The molecule has 0 bridgehead atoms. The quantitative estimate of drug-likeness (QED) is 0.829. The Balaban J connectivity index is 2.06. The number of rotatable bonds is 4. The summed E-state index contributed by atoms with van der Waals surface area (Å²) in [5.74, 6) is -3.06. The van der Waals surface area contributed by atoms with Crippen molar-refractivity contribution in [3.63, 3.8) is 0 Å². The molecule has 2 amide bonds. The van der Waals surface area contributed by atoms with Crippen LogP contribution in [0.5, 0.6) is 0 Å². The number of halogens is 5. The van der Waals surface area contributed by atoms with Crippen LogP contribution in [0.15, 0.2) is 18.2 Å². The molecule has 2 rings (SSSR count). The van der Waals surface area contributed by atoms with Gasteiger partial charge in [0.05, 0.1) is 6.10 Å². The normalized spacial score (nSPS) is 19.4. The number of ether oxygens (including phenoxy) is 1. The van der Waals surface area contributed by atoms with Crippen LogP contribution in [0, 0.1) is 11.6 Å². The largest absolute Gasteiger partial charge is 0.413 e. The average molecular weight is 338 g/mol. The van der Waals surface area contributed by atoms with Crippen molar-refractivity contribution in [1.29, 1.82) is 0 Å². The van der Waals surface area contributed by atoms with Crippen LogP contribution in [0.3, 0.4) is 0 Å². The molecule has 4 nitrogen and oxygen atoms in total.